The number of fused-ring (bicyclic) bond motifs is 5. The van der Waals surface area contributed by atoms with Crippen molar-refractivity contribution in [2.75, 3.05) is 4.90 Å². The SMILES string of the molecule is CC1(C)c2cc(-c3ccccc3)ccc2-c2ccc(N(c3ccccc3)c3ccc4c(c3)Oc3ccc(-c5ccccc5)c5cccc-4c35)cc21. The van der Waals surface area contributed by atoms with Gasteiger partial charge >= 0.3 is 0 Å². The molecular weight excluding hydrogens is 619 g/mol. The van der Waals surface area contributed by atoms with E-state index in [0.29, 0.717) is 0 Å². The molecule has 8 aromatic carbocycles. The molecule has 0 radical (unpaired) electrons. The predicted molar refractivity (Wildman–Crippen MR) is 213 cm³/mol. The molecule has 51 heavy (non-hydrogen) atoms. The lowest BCUT2D eigenvalue weighted by Crippen LogP contribution is -2.16. The maximum atomic E-state index is 6.77. The zero-order valence-electron chi connectivity index (χ0n) is 28.6. The van der Waals surface area contributed by atoms with E-state index in [1.54, 1.807) is 0 Å². The zero-order valence-corrected chi connectivity index (χ0v) is 28.6. The monoisotopic (exact) mass is 653 g/mol. The highest BCUT2D eigenvalue weighted by Crippen LogP contribution is 2.53. The Kier molecular flexibility index (Phi) is 6.56. The third-order valence-electron chi connectivity index (χ3n) is 10.9. The number of anilines is 3. The Morgan fingerprint density at radius 3 is 1.75 bits per heavy atom. The number of hydrogen-bond donors (Lipinski definition) is 0. The predicted octanol–water partition coefficient (Wildman–Crippen LogP) is 13.7. The van der Waals surface area contributed by atoms with Crippen molar-refractivity contribution < 1.29 is 4.74 Å². The molecule has 1 heterocycles. The highest BCUT2D eigenvalue weighted by atomic mass is 16.5. The summed E-state index contributed by atoms with van der Waals surface area (Å²) in [4.78, 5) is 2.35. The Morgan fingerprint density at radius 2 is 1.00 bits per heavy atom. The largest absolute Gasteiger partial charge is 0.456 e. The second-order valence-corrected chi connectivity index (χ2v) is 14.1. The Labute approximate surface area is 298 Å². The van der Waals surface area contributed by atoms with Crippen molar-refractivity contribution in [2.45, 2.75) is 19.3 Å². The van der Waals surface area contributed by atoms with Crippen molar-refractivity contribution in [3.63, 3.8) is 0 Å². The first kappa shape index (κ1) is 29.5. The minimum atomic E-state index is -0.159. The highest BCUT2D eigenvalue weighted by Gasteiger charge is 2.36. The van der Waals surface area contributed by atoms with Gasteiger partial charge in [-0.05, 0) is 104 Å². The van der Waals surface area contributed by atoms with Crippen molar-refractivity contribution in [2.24, 2.45) is 0 Å². The van der Waals surface area contributed by atoms with Crippen LogP contribution in [0.2, 0.25) is 0 Å². The second-order valence-electron chi connectivity index (χ2n) is 14.1. The molecule has 0 aromatic heterocycles. The molecule has 0 atom stereocenters. The summed E-state index contributed by atoms with van der Waals surface area (Å²) in [6, 6.07) is 63.4. The van der Waals surface area contributed by atoms with E-state index in [2.05, 4.69) is 195 Å². The molecule has 0 amide bonds. The summed E-state index contributed by atoms with van der Waals surface area (Å²) in [6.07, 6.45) is 0. The maximum absolute atomic E-state index is 6.77. The maximum Gasteiger partial charge on any atom is 0.137 e. The van der Waals surface area contributed by atoms with Crippen molar-refractivity contribution in [1.29, 1.82) is 0 Å². The molecule has 2 heteroatoms. The Morgan fingerprint density at radius 1 is 0.392 bits per heavy atom. The van der Waals surface area contributed by atoms with E-state index in [-0.39, 0.29) is 5.41 Å². The van der Waals surface area contributed by atoms with Crippen LogP contribution in [0.1, 0.15) is 25.0 Å². The van der Waals surface area contributed by atoms with Crippen LogP contribution in [0.15, 0.2) is 176 Å². The number of ether oxygens (including phenoxy) is 1. The molecule has 0 N–H and O–H groups in total. The van der Waals surface area contributed by atoms with E-state index in [9.17, 15) is 0 Å². The van der Waals surface area contributed by atoms with Crippen molar-refractivity contribution in [1.82, 2.24) is 0 Å². The summed E-state index contributed by atoms with van der Waals surface area (Å²) in [6.45, 7) is 4.72. The van der Waals surface area contributed by atoms with E-state index in [4.69, 9.17) is 4.74 Å². The third-order valence-corrected chi connectivity index (χ3v) is 10.9. The normalized spacial score (nSPS) is 13.2. The van der Waals surface area contributed by atoms with Gasteiger partial charge in [-0.15, -0.1) is 0 Å². The molecule has 242 valence electrons. The summed E-state index contributed by atoms with van der Waals surface area (Å²) in [5.41, 5.74) is 15.7. The van der Waals surface area contributed by atoms with Gasteiger partial charge in [-0.25, -0.2) is 0 Å². The van der Waals surface area contributed by atoms with Crippen LogP contribution in [-0.2, 0) is 5.41 Å². The van der Waals surface area contributed by atoms with Crippen molar-refractivity contribution in [3.8, 4) is 56.0 Å². The lowest BCUT2D eigenvalue weighted by Gasteiger charge is -2.29. The molecule has 2 aliphatic rings. The third kappa shape index (κ3) is 4.64. The van der Waals surface area contributed by atoms with E-state index in [0.717, 1.165) is 39.5 Å². The van der Waals surface area contributed by atoms with Crippen LogP contribution in [-0.4, -0.2) is 0 Å². The topological polar surface area (TPSA) is 12.5 Å². The summed E-state index contributed by atoms with van der Waals surface area (Å²) in [7, 11) is 0. The molecule has 1 aliphatic carbocycles. The van der Waals surface area contributed by atoms with Crippen LogP contribution in [0.3, 0.4) is 0 Å². The zero-order chi connectivity index (χ0) is 34.1. The van der Waals surface area contributed by atoms with Gasteiger partial charge in [-0.2, -0.15) is 0 Å². The van der Waals surface area contributed by atoms with Gasteiger partial charge in [0.15, 0.2) is 0 Å². The summed E-state index contributed by atoms with van der Waals surface area (Å²) in [5.74, 6) is 1.76. The standard InChI is InChI=1S/C49H35NO/c1-49(2)44-29-34(32-13-6-3-7-14-32)21-24-39(44)40-25-22-36(30-45(40)49)50(35-17-10-5-11-18-35)37-23-26-41-43-20-12-19-42-38(33-15-8-4-9-16-33)27-28-46(48(42)43)51-47(41)31-37/h3-31H,1-2H3. The molecule has 0 unspecified atom stereocenters. The fourth-order valence-corrected chi connectivity index (χ4v) is 8.33. The van der Waals surface area contributed by atoms with Gasteiger partial charge in [0, 0.05) is 39.5 Å². The summed E-state index contributed by atoms with van der Waals surface area (Å²) < 4.78 is 6.77. The van der Waals surface area contributed by atoms with Crippen LogP contribution in [0.4, 0.5) is 17.1 Å². The number of hydrogen-bond acceptors (Lipinski definition) is 2. The number of rotatable bonds is 5. The molecule has 1 aliphatic heterocycles. The molecule has 0 fully saturated rings. The van der Waals surface area contributed by atoms with E-state index < -0.39 is 0 Å². The van der Waals surface area contributed by atoms with Crippen LogP contribution in [0.25, 0.3) is 55.3 Å². The highest BCUT2D eigenvalue weighted by molar-refractivity contribution is 6.10. The Hall–Kier alpha value is -6.38. The Balaban J connectivity index is 1.08. The van der Waals surface area contributed by atoms with Crippen LogP contribution in [0, 0.1) is 0 Å². The van der Waals surface area contributed by atoms with Crippen LogP contribution >= 0.6 is 0 Å². The minimum absolute atomic E-state index is 0.159. The van der Waals surface area contributed by atoms with Gasteiger partial charge in [0.25, 0.3) is 0 Å². The number of para-hydroxylation sites is 1. The van der Waals surface area contributed by atoms with Gasteiger partial charge in [0.1, 0.15) is 11.5 Å². The number of benzene rings is 8. The van der Waals surface area contributed by atoms with Gasteiger partial charge in [-0.1, -0.05) is 135 Å². The molecule has 8 aromatic rings. The minimum Gasteiger partial charge on any atom is -0.456 e. The first-order valence-corrected chi connectivity index (χ1v) is 17.7. The van der Waals surface area contributed by atoms with Crippen molar-refractivity contribution >= 4 is 27.8 Å². The van der Waals surface area contributed by atoms with Crippen LogP contribution < -0.4 is 9.64 Å². The summed E-state index contributed by atoms with van der Waals surface area (Å²) in [5, 5.41) is 2.37. The van der Waals surface area contributed by atoms with Gasteiger partial charge < -0.3 is 9.64 Å². The Bertz CT molecular complexity index is 2620. The van der Waals surface area contributed by atoms with Gasteiger partial charge in [0.2, 0.25) is 0 Å². The molecule has 0 bridgehead atoms. The van der Waals surface area contributed by atoms with E-state index in [1.165, 1.54) is 55.5 Å². The fourth-order valence-electron chi connectivity index (χ4n) is 8.33. The van der Waals surface area contributed by atoms with Crippen LogP contribution in [0.5, 0.6) is 11.5 Å². The molecule has 10 rings (SSSR count). The lowest BCUT2D eigenvalue weighted by molar-refractivity contribution is 0.487. The quantitative estimate of drug-likeness (QED) is 0.183. The molecular formula is C49H35NO. The fraction of sp³-hybridized carbons (Fsp3) is 0.0612. The summed E-state index contributed by atoms with van der Waals surface area (Å²) >= 11 is 0. The first-order chi connectivity index (χ1) is 25.0. The average molecular weight is 654 g/mol. The number of nitrogens with zero attached hydrogens (tertiary/aromatic N) is 1. The molecule has 0 spiro atoms. The van der Waals surface area contributed by atoms with Gasteiger partial charge in [0.05, 0.1) is 0 Å². The second kappa shape index (κ2) is 11.3. The van der Waals surface area contributed by atoms with Crippen molar-refractivity contribution in [3.05, 3.63) is 187 Å². The lowest BCUT2D eigenvalue weighted by atomic mass is 9.81. The average Bonchev–Trinajstić information content (AvgIpc) is 3.41. The first-order valence-electron chi connectivity index (χ1n) is 17.7. The van der Waals surface area contributed by atoms with Gasteiger partial charge in [-0.3, -0.25) is 0 Å². The molecule has 0 saturated carbocycles. The van der Waals surface area contributed by atoms with E-state index >= 15 is 0 Å². The smallest absolute Gasteiger partial charge is 0.137 e. The molecule has 0 saturated heterocycles. The van der Waals surface area contributed by atoms with E-state index in [1.807, 2.05) is 0 Å². The molecule has 2 nitrogen and oxygen atoms in total.